The van der Waals surface area contributed by atoms with Gasteiger partial charge in [0, 0.05) is 17.8 Å². The van der Waals surface area contributed by atoms with Crippen LogP contribution in [0.25, 0.3) is 20.9 Å². The van der Waals surface area contributed by atoms with E-state index in [0.717, 1.165) is 41.5 Å². The van der Waals surface area contributed by atoms with Gasteiger partial charge >= 0.3 is 0 Å². The van der Waals surface area contributed by atoms with Gasteiger partial charge in [-0.25, -0.2) is 20.1 Å². The molecule has 0 atom stereocenters. The van der Waals surface area contributed by atoms with Crippen LogP contribution in [-0.2, 0) is 11.2 Å². The monoisotopic (exact) mass is 529 g/mol. The van der Waals surface area contributed by atoms with Crippen LogP contribution in [0.1, 0.15) is 17.0 Å². The van der Waals surface area contributed by atoms with Crippen molar-refractivity contribution in [1.82, 2.24) is 29.6 Å². The van der Waals surface area contributed by atoms with E-state index in [1.807, 2.05) is 82.3 Å². The van der Waals surface area contributed by atoms with E-state index < -0.39 is 0 Å². The minimum absolute atomic E-state index is 0.154. The van der Waals surface area contributed by atoms with Crippen LogP contribution in [0.2, 0.25) is 0 Å². The van der Waals surface area contributed by atoms with Gasteiger partial charge in [0.25, 0.3) is 0 Å². The number of carbonyl (C=O) groups is 1. The summed E-state index contributed by atoms with van der Waals surface area (Å²) in [5.41, 5.74) is 6.86. The topological polar surface area (TPSA) is 89.5 Å². The highest BCUT2D eigenvalue weighted by Crippen LogP contribution is 2.37. The number of benzene rings is 2. The first-order chi connectivity index (χ1) is 17.6. The third-order valence-corrected chi connectivity index (χ3v) is 8.34. The molecule has 6 rings (SSSR count). The van der Waals surface area contributed by atoms with E-state index in [4.69, 9.17) is 10.1 Å². The minimum Gasteiger partial charge on any atom is -0.297 e. The number of carbonyl (C=O) groups excluding carboxylic acids is 1. The fourth-order valence-electron chi connectivity index (χ4n) is 3.72. The van der Waals surface area contributed by atoms with Gasteiger partial charge in [-0.1, -0.05) is 30.3 Å². The lowest BCUT2D eigenvalue weighted by molar-refractivity contribution is -0.120. The summed E-state index contributed by atoms with van der Waals surface area (Å²) in [6.07, 6.45) is 5.59. The summed E-state index contributed by atoms with van der Waals surface area (Å²) in [6, 6.07) is 18.0. The summed E-state index contributed by atoms with van der Waals surface area (Å²) in [5.74, 6) is -0.231. The number of hydrogen-bond acceptors (Lipinski definition) is 8. The first-order valence-corrected chi connectivity index (χ1v) is 13.6. The summed E-state index contributed by atoms with van der Waals surface area (Å²) in [4.78, 5) is 22.6. The molecule has 0 spiro atoms. The lowest BCUT2D eigenvalue weighted by Gasteiger charge is -2.06. The molecule has 6 aromatic rings. The van der Waals surface area contributed by atoms with Crippen molar-refractivity contribution >= 4 is 61.7 Å². The first kappa shape index (κ1) is 22.7. The molecule has 4 heterocycles. The SMILES string of the molecule is Cc1nn(-c2ccccc2)c(Sc2nc3ccccc3s2)c1C=NNC(=O)Cc1cn2ccsc2n1. The molecule has 0 unspecified atom stereocenters. The molecule has 0 saturated heterocycles. The Labute approximate surface area is 218 Å². The number of aryl methyl sites for hydroxylation is 1. The molecule has 0 bridgehead atoms. The number of fused-ring (bicyclic) bond motifs is 2. The van der Waals surface area contributed by atoms with Crippen molar-refractivity contribution in [3.05, 3.63) is 89.3 Å². The molecule has 0 aliphatic carbocycles. The van der Waals surface area contributed by atoms with Crippen molar-refractivity contribution in [2.45, 2.75) is 22.7 Å². The fourth-order valence-corrected chi connectivity index (χ4v) is 6.66. The van der Waals surface area contributed by atoms with E-state index in [9.17, 15) is 4.79 Å². The van der Waals surface area contributed by atoms with E-state index in [1.165, 1.54) is 23.1 Å². The predicted molar refractivity (Wildman–Crippen MR) is 145 cm³/mol. The van der Waals surface area contributed by atoms with E-state index in [-0.39, 0.29) is 12.3 Å². The number of hydrazone groups is 1. The van der Waals surface area contributed by atoms with Crippen molar-refractivity contribution < 1.29 is 4.79 Å². The molecule has 0 aliphatic rings. The predicted octanol–water partition coefficient (Wildman–Crippen LogP) is 5.34. The van der Waals surface area contributed by atoms with Gasteiger partial charge in [0.1, 0.15) is 5.03 Å². The number of nitrogens with zero attached hydrogens (tertiary/aromatic N) is 6. The Morgan fingerprint density at radius 1 is 1.14 bits per heavy atom. The lowest BCUT2D eigenvalue weighted by Crippen LogP contribution is -2.20. The van der Waals surface area contributed by atoms with Crippen LogP contribution in [0.3, 0.4) is 0 Å². The maximum atomic E-state index is 12.5. The van der Waals surface area contributed by atoms with Crippen molar-refractivity contribution in [3.8, 4) is 5.69 Å². The molecule has 0 aliphatic heterocycles. The Balaban J connectivity index is 1.27. The Kier molecular flexibility index (Phi) is 6.09. The maximum Gasteiger partial charge on any atom is 0.246 e. The number of imidazole rings is 1. The normalized spacial score (nSPS) is 11.7. The van der Waals surface area contributed by atoms with E-state index in [2.05, 4.69) is 21.6 Å². The highest BCUT2D eigenvalue weighted by Gasteiger charge is 2.19. The number of aromatic nitrogens is 5. The molecule has 0 radical (unpaired) electrons. The standard InChI is InChI=1S/C25H19N7OS3/c1-16-19(14-26-29-22(33)13-17-15-31-11-12-34-24(31)27-17)23(32(30-16)18-7-3-2-4-8-18)36-25-28-20-9-5-6-10-21(20)35-25/h2-12,14-15H,13H2,1H3,(H,29,33). The summed E-state index contributed by atoms with van der Waals surface area (Å²) in [7, 11) is 0. The van der Waals surface area contributed by atoms with E-state index in [0.29, 0.717) is 5.69 Å². The fraction of sp³-hybridized carbons (Fsp3) is 0.0800. The van der Waals surface area contributed by atoms with Gasteiger partial charge in [0.05, 0.1) is 45.5 Å². The zero-order valence-corrected chi connectivity index (χ0v) is 21.5. The average Bonchev–Trinajstić information content (AvgIpc) is 3.64. The number of amides is 1. The van der Waals surface area contributed by atoms with Crippen molar-refractivity contribution in [1.29, 1.82) is 0 Å². The zero-order chi connectivity index (χ0) is 24.5. The molecule has 0 saturated carbocycles. The second-order valence-electron chi connectivity index (χ2n) is 7.90. The quantitative estimate of drug-likeness (QED) is 0.223. The molecular formula is C25H19N7OS3. The molecule has 8 nitrogen and oxygen atoms in total. The van der Waals surface area contributed by atoms with Gasteiger partial charge in [-0.2, -0.15) is 10.2 Å². The molecule has 36 heavy (non-hydrogen) atoms. The zero-order valence-electron chi connectivity index (χ0n) is 19.0. The summed E-state index contributed by atoms with van der Waals surface area (Å²) < 4.78 is 5.84. The van der Waals surface area contributed by atoms with E-state index in [1.54, 1.807) is 17.6 Å². The van der Waals surface area contributed by atoms with Crippen LogP contribution < -0.4 is 5.43 Å². The van der Waals surface area contributed by atoms with Crippen LogP contribution in [0, 0.1) is 6.92 Å². The van der Waals surface area contributed by atoms with Crippen molar-refractivity contribution in [2.75, 3.05) is 0 Å². The Hall–Kier alpha value is -3.80. The third-order valence-electron chi connectivity index (χ3n) is 5.39. The van der Waals surface area contributed by atoms with Crippen LogP contribution in [-0.4, -0.2) is 36.3 Å². The molecule has 1 N–H and O–H groups in total. The van der Waals surface area contributed by atoms with Gasteiger partial charge in [-0.15, -0.1) is 22.7 Å². The first-order valence-electron chi connectivity index (χ1n) is 11.1. The number of rotatable bonds is 7. The van der Waals surface area contributed by atoms with Crippen LogP contribution in [0.4, 0.5) is 0 Å². The molecule has 0 fully saturated rings. The molecule has 11 heteroatoms. The van der Waals surface area contributed by atoms with Gasteiger partial charge in [0.15, 0.2) is 9.30 Å². The second kappa shape index (κ2) is 9.69. The maximum absolute atomic E-state index is 12.5. The number of nitrogens with one attached hydrogen (secondary N) is 1. The highest BCUT2D eigenvalue weighted by molar-refractivity contribution is 8.01. The largest absolute Gasteiger partial charge is 0.297 e. The van der Waals surface area contributed by atoms with Crippen molar-refractivity contribution in [3.63, 3.8) is 0 Å². The third kappa shape index (κ3) is 4.55. The number of thiazole rings is 2. The molecule has 1 amide bonds. The lowest BCUT2D eigenvalue weighted by atomic mass is 10.3. The summed E-state index contributed by atoms with van der Waals surface area (Å²) in [6.45, 7) is 1.93. The van der Waals surface area contributed by atoms with Crippen LogP contribution in [0.5, 0.6) is 0 Å². The summed E-state index contributed by atoms with van der Waals surface area (Å²) >= 11 is 4.70. The van der Waals surface area contributed by atoms with Gasteiger partial charge in [-0.05, 0) is 43.0 Å². The smallest absolute Gasteiger partial charge is 0.246 e. The van der Waals surface area contributed by atoms with Gasteiger partial charge in [-0.3, -0.25) is 9.20 Å². The van der Waals surface area contributed by atoms with Crippen LogP contribution >= 0.6 is 34.4 Å². The Bertz CT molecular complexity index is 1650. The molecule has 4 aromatic heterocycles. The minimum atomic E-state index is -0.231. The van der Waals surface area contributed by atoms with Gasteiger partial charge < -0.3 is 0 Å². The number of para-hydroxylation sites is 2. The second-order valence-corrected chi connectivity index (χ2v) is 11.0. The van der Waals surface area contributed by atoms with Gasteiger partial charge in [0.2, 0.25) is 5.91 Å². The molecule has 2 aromatic carbocycles. The summed E-state index contributed by atoms with van der Waals surface area (Å²) in [5, 5.41) is 11.9. The van der Waals surface area contributed by atoms with Crippen LogP contribution in [0.15, 0.2) is 86.8 Å². The molecule has 178 valence electrons. The Morgan fingerprint density at radius 2 is 1.97 bits per heavy atom. The Morgan fingerprint density at radius 3 is 2.81 bits per heavy atom. The molecular weight excluding hydrogens is 511 g/mol. The van der Waals surface area contributed by atoms with Crippen molar-refractivity contribution in [2.24, 2.45) is 5.10 Å². The average molecular weight is 530 g/mol. The number of hydrogen-bond donors (Lipinski definition) is 1. The highest BCUT2D eigenvalue weighted by atomic mass is 32.2. The van der Waals surface area contributed by atoms with E-state index >= 15 is 0 Å².